The molecule has 0 unspecified atom stereocenters. The molecular weight excluding hydrogens is 971 g/mol. The summed E-state index contributed by atoms with van der Waals surface area (Å²) in [6.45, 7) is 20.4. The van der Waals surface area contributed by atoms with Gasteiger partial charge in [0.25, 0.3) is 8.32 Å². The molecule has 0 aliphatic carbocycles. The fraction of sp³-hybridized carbons (Fsp3) is 0.547. The number of amides is 1. The number of unbranched alkanes of at least 4 members (excludes halogenated alkanes) is 8. The van der Waals surface area contributed by atoms with Crippen molar-refractivity contribution in [3.05, 3.63) is 127 Å². The fourth-order valence-corrected chi connectivity index (χ4v) is 14.7. The molecule has 4 aromatic rings. The maximum absolute atomic E-state index is 15.3. The number of esters is 2. The molecule has 1 saturated heterocycles. The molecule has 3 atom stereocenters. The minimum atomic E-state index is -3.17. The molecule has 11 nitrogen and oxygen atoms in total. The number of benzene rings is 4. The number of hydrogen-bond donors (Lipinski definition) is 2. The van der Waals surface area contributed by atoms with Crippen molar-refractivity contribution < 1.29 is 47.6 Å². The molecule has 416 valence electrons. The second-order valence-electron chi connectivity index (χ2n) is 23.5. The van der Waals surface area contributed by atoms with Gasteiger partial charge >= 0.3 is 11.9 Å². The standard InChI is InChI=1S/C64H91NO10Si/c1-12-13-14-18-27-41-63(71-45-46-72-63)42-28-19-16-15-17-26-36-55(57(66)65-56(58(67)74-60(2,3)4)47-49-37-39-50(40-38-49)51-30-29-31-52(48-51)70-11)64(69,59(68)75-61(5,6)7)43-44-73-76(62(8,9)10,53-32-22-20-23-33-53)54-34-24-21-25-35-54/h20-26,29-40,48,55-56,69H,12-19,27-28,41-47H2,1-11H3,(H,65,66)/b36-26+/t55-,56+,64+/m1/s1. The van der Waals surface area contributed by atoms with Crippen LogP contribution in [0.5, 0.6) is 5.75 Å². The molecule has 0 spiro atoms. The molecule has 5 rings (SSSR count). The highest BCUT2D eigenvalue weighted by atomic mass is 28.4. The van der Waals surface area contributed by atoms with Crippen LogP contribution in [-0.2, 0) is 44.2 Å². The predicted molar refractivity (Wildman–Crippen MR) is 307 cm³/mol. The smallest absolute Gasteiger partial charge is 0.339 e. The Kier molecular flexibility index (Phi) is 23.1. The van der Waals surface area contributed by atoms with Crippen LogP contribution in [0.4, 0.5) is 0 Å². The summed E-state index contributed by atoms with van der Waals surface area (Å²) in [6, 6.07) is 34.6. The summed E-state index contributed by atoms with van der Waals surface area (Å²) < 4.78 is 37.0. The fourth-order valence-electron chi connectivity index (χ4n) is 10.2. The maximum Gasteiger partial charge on any atom is 0.339 e. The van der Waals surface area contributed by atoms with Gasteiger partial charge < -0.3 is 38.5 Å². The molecule has 0 saturated carbocycles. The van der Waals surface area contributed by atoms with Crippen molar-refractivity contribution in [1.82, 2.24) is 5.32 Å². The third kappa shape index (κ3) is 18.0. The van der Waals surface area contributed by atoms with E-state index in [0.29, 0.717) is 19.6 Å². The second-order valence-corrected chi connectivity index (χ2v) is 27.9. The Morgan fingerprint density at radius 2 is 1.26 bits per heavy atom. The predicted octanol–water partition coefficient (Wildman–Crippen LogP) is 12.4. The lowest BCUT2D eigenvalue weighted by Crippen LogP contribution is -2.67. The van der Waals surface area contributed by atoms with Crippen LogP contribution in [0.25, 0.3) is 11.1 Å². The van der Waals surface area contributed by atoms with Crippen LogP contribution >= 0.6 is 0 Å². The molecule has 1 amide bonds. The number of allylic oxidation sites excluding steroid dienone is 1. The molecule has 2 N–H and O–H groups in total. The van der Waals surface area contributed by atoms with Crippen LogP contribution < -0.4 is 20.4 Å². The molecule has 1 fully saturated rings. The minimum Gasteiger partial charge on any atom is -0.497 e. The molecule has 1 aliphatic heterocycles. The van der Waals surface area contributed by atoms with E-state index in [1.54, 1.807) is 54.7 Å². The summed E-state index contributed by atoms with van der Waals surface area (Å²) >= 11 is 0. The van der Waals surface area contributed by atoms with Crippen molar-refractivity contribution in [3.8, 4) is 16.9 Å². The summed E-state index contributed by atoms with van der Waals surface area (Å²) in [5.41, 5.74) is -1.67. The van der Waals surface area contributed by atoms with Crippen LogP contribution in [0.3, 0.4) is 0 Å². The molecule has 1 aliphatic rings. The second kappa shape index (κ2) is 28.5. The third-order valence-electron chi connectivity index (χ3n) is 14.1. The monoisotopic (exact) mass is 1060 g/mol. The molecule has 0 bridgehead atoms. The molecule has 0 aromatic heterocycles. The summed E-state index contributed by atoms with van der Waals surface area (Å²) in [4.78, 5) is 44.3. The first-order valence-corrected chi connectivity index (χ1v) is 29.9. The highest BCUT2D eigenvalue weighted by Gasteiger charge is 2.53. The van der Waals surface area contributed by atoms with Crippen molar-refractivity contribution in [3.63, 3.8) is 0 Å². The Bertz CT molecular complexity index is 2380. The Morgan fingerprint density at radius 3 is 1.80 bits per heavy atom. The van der Waals surface area contributed by atoms with Crippen molar-refractivity contribution in [1.29, 1.82) is 0 Å². The van der Waals surface area contributed by atoms with E-state index in [1.165, 1.54) is 25.7 Å². The molecule has 0 radical (unpaired) electrons. The number of rotatable bonds is 29. The van der Waals surface area contributed by atoms with Crippen molar-refractivity contribution in [2.45, 2.75) is 193 Å². The third-order valence-corrected chi connectivity index (χ3v) is 19.1. The van der Waals surface area contributed by atoms with Gasteiger partial charge in [-0.2, -0.15) is 0 Å². The normalized spacial score (nSPS) is 15.7. The average molecular weight is 1060 g/mol. The first-order valence-electron chi connectivity index (χ1n) is 28.0. The Labute approximate surface area is 457 Å². The lowest BCUT2D eigenvalue weighted by Gasteiger charge is -2.44. The van der Waals surface area contributed by atoms with Gasteiger partial charge in [0.2, 0.25) is 5.91 Å². The number of carbonyl (C=O) groups excluding carboxylic acids is 3. The molecule has 4 aromatic carbocycles. The van der Waals surface area contributed by atoms with Gasteiger partial charge in [0.1, 0.15) is 23.0 Å². The van der Waals surface area contributed by atoms with E-state index in [0.717, 1.165) is 77.8 Å². The Hall–Kier alpha value is -5.11. The number of nitrogens with one attached hydrogen (secondary N) is 1. The van der Waals surface area contributed by atoms with Crippen LogP contribution in [0.15, 0.2) is 121 Å². The summed E-state index contributed by atoms with van der Waals surface area (Å²) in [6.07, 6.45) is 15.3. The maximum atomic E-state index is 15.3. The Balaban J connectivity index is 1.47. The zero-order valence-corrected chi connectivity index (χ0v) is 48.8. The van der Waals surface area contributed by atoms with Gasteiger partial charge in [-0.3, -0.25) is 4.79 Å². The molecule has 1 heterocycles. The lowest BCUT2D eigenvalue weighted by molar-refractivity contribution is -0.185. The van der Waals surface area contributed by atoms with Crippen LogP contribution in [0.2, 0.25) is 5.04 Å². The summed E-state index contributed by atoms with van der Waals surface area (Å²) in [5.74, 6) is -3.60. The largest absolute Gasteiger partial charge is 0.497 e. The van der Waals surface area contributed by atoms with E-state index in [2.05, 4.69) is 57.3 Å². The van der Waals surface area contributed by atoms with Crippen LogP contribution in [0.1, 0.15) is 158 Å². The first-order chi connectivity index (χ1) is 36.0. The van der Waals surface area contributed by atoms with Gasteiger partial charge in [-0.25, -0.2) is 9.59 Å². The van der Waals surface area contributed by atoms with Gasteiger partial charge in [0.05, 0.1) is 26.2 Å². The van der Waals surface area contributed by atoms with Crippen molar-refractivity contribution in [2.24, 2.45) is 5.92 Å². The highest BCUT2D eigenvalue weighted by Crippen LogP contribution is 2.38. The summed E-state index contributed by atoms with van der Waals surface area (Å²) in [7, 11) is -1.54. The van der Waals surface area contributed by atoms with Gasteiger partial charge in [0, 0.05) is 32.3 Å². The zero-order valence-electron chi connectivity index (χ0n) is 47.8. The molecular formula is C64H91NO10Si. The lowest BCUT2D eigenvalue weighted by atomic mass is 9.82. The quantitative estimate of drug-likeness (QED) is 0.0234. The van der Waals surface area contributed by atoms with Gasteiger partial charge in [0.15, 0.2) is 11.4 Å². The van der Waals surface area contributed by atoms with E-state index in [1.807, 2.05) is 91.0 Å². The van der Waals surface area contributed by atoms with E-state index >= 15 is 4.79 Å². The van der Waals surface area contributed by atoms with Gasteiger partial charge in [-0.05, 0) is 111 Å². The number of carbonyl (C=O) groups is 3. The SMILES string of the molecule is CCCCCCCC1(CCCCCC/C=C/[C@H](C(=O)N[C@@H](Cc2ccc(-c3cccc(OC)c3)cc2)C(=O)OC(C)(C)C)[C@@](O)(CCO[Si](c2ccccc2)(c2ccccc2)C(C)(C)C)C(=O)OC(C)(C)C)OCCO1. The minimum absolute atomic E-state index is 0.0769. The van der Waals surface area contributed by atoms with Crippen molar-refractivity contribution in [2.75, 3.05) is 26.9 Å². The van der Waals surface area contributed by atoms with E-state index in [4.69, 9.17) is 28.1 Å². The topological polar surface area (TPSA) is 139 Å². The van der Waals surface area contributed by atoms with Crippen molar-refractivity contribution >= 4 is 36.5 Å². The van der Waals surface area contributed by atoms with Crippen LogP contribution in [0, 0.1) is 5.92 Å². The van der Waals surface area contributed by atoms with E-state index in [9.17, 15) is 14.7 Å². The first kappa shape index (κ1) is 61.7. The van der Waals surface area contributed by atoms with E-state index < -0.39 is 65.8 Å². The number of aliphatic hydroxyl groups is 1. The van der Waals surface area contributed by atoms with Gasteiger partial charge in [-0.1, -0.05) is 175 Å². The van der Waals surface area contributed by atoms with E-state index in [-0.39, 0.29) is 19.4 Å². The number of hydrogen-bond acceptors (Lipinski definition) is 10. The highest BCUT2D eigenvalue weighted by molar-refractivity contribution is 6.99. The Morgan fingerprint density at radius 1 is 0.697 bits per heavy atom. The number of ether oxygens (including phenoxy) is 5. The molecule has 12 heteroatoms. The average Bonchev–Trinajstić information content (AvgIpc) is 3.86. The molecule has 76 heavy (non-hydrogen) atoms. The summed E-state index contributed by atoms with van der Waals surface area (Å²) in [5, 5.41) is 17.8. The van der Waals surface area contributed by atoms with Gasteiger partial charge in [-0.15, -0.1) is 0 Å². The zero-order chi connectivity index (χ0) is 55.5. The van der Waals surface area contributed by atoms with Crippen LogP contribution in [-0.4, -0.2) is 86.8 Å². The number of methoxy groups -OCH3 is 1.